The Morgan fingerprint density at radius 1 is 0.824 bits per heavy atom. The summed E-state index contributed by atoms with van der Waals surface area (Å²) in [5.74, 6) is 0. The fourth-order valence-corrected chi connectivity index (χ4v) is 2.17. The van der Waals surface area contributed by atoms with E-state index < -0.39 is 0 Å². The molecule has 0 aliphatic carbocycles. The van der Waals surface area contributed by atoms with Crippen LogP contribution in [0.3, 0.4) is 0 Å². The van der Waals surface area contributed by atoms with Crippen molar-refractivity contribution in [3.63, 3.8) is 0 Å². The van der Waals surface area contributed by atoms with Crippen LogP contribution in [0.2, 0.25) is 0 Å². The number of aryl methyl sites for hydroxylation is 1. The standard InChI is InChI=1S/C16H19N/c1-3-14-10-8-9-13-16(14)17(4-2)15-11-6-5-7-12-15/h5-13H,3-4H2,1-2H3. The third-order valence-corrected chi connectivity index (χ3v) is 3.05. The second kappa shape index (κ2) is 5.53. The third-order valence-electron chi connectivity index (χ3n) is 3.05. The number of nitrogens with zero attached hydrogens (tertiary/aromatic N) is 1. The maximum atomic E-state index is 2.36. The Kier molecular flexibility index (Phi) is 3.81. The van der Waals surface area contributed by atoms with Crippen LogP contribution < -0.4 is 4.90 Å². The van der Waals surface area contributed by atoms with Gasteiger partial charge in [-0.05, 0) is 37.1 Å². The number of hydrogen-bond acceptors (Lipinski definition) is 1. The molecule has 0 unspecified atom stereocenters. The van der Waals surface area contributed by atoms with Gasteiger partial charge in [0, 0.05) is 17.9 Å². The third kappa shape index (κ3) is 2.50. The molecule has 2 aromatic rings. The summed E-state index contributed by atoms with van der Waals surface area (Å²) in [6.45, 7) is 5.39. The Labute approximate surface area is 104 Å². The minimum atomic E-state index is 0.987. The van der Waals surface area contributed by atoms with E-state index in [9.17, 15) is 0 Å². The van der Waals surface area contributed by atoms with Gasteiger partial charge < -0.3 is 4.90 Å². The predicted octanol–water partition coefficient (Wildman–Crippen LogP) is 4.41. The minimum absolute atomic E-state index is 0.987. The van der Waals surface area contributed by atoms with E-state index in [1.165, 1.54) is 16.9 Å². The first-order chi connectivity index (χ1) is 8.36. The maximum Gasteiger partial charge on any atom is 0.0443 e. The number of rotatable bonds is 4. The smallest absolute Gasteiger partial charge is 0.0443 e. The highest BCUT2D eigenvalue weighted by atomic mass is 15.1. The summed E-state index contributed by atoms with van der Waals surface area (Å²) in [6.07, 6.45) is 1.07. The quantitative estimate of drug-likeness (QED) is 0.745. The van der Waals surface area contributed by atoms with Crippen LogP contribution in [0.25, 0.3) is 0 Å². The molecule has 0 amide bonds. The number of para-hydroxylation sites is 2. The van der Waals surface area contributed by atoms with E-state index >= 15 is 0 Å². The average molecular weight is 225 g/mol. The van der Waals surface area contributed by atoms with Crippen LogP contribution in [0.5, 0.6) is 0 Å². The lowest BCUT2D eigenvalue weighted by molar-refractivity contribution is 0.997. The normalized spacial score (nSPS) is 10.2. The molecule has 0 aromatic heterocycles. The molecular weight excluding hydrogens is 206 g/mol. The first kappa shape index (κ1) is 11.7. The molecule has 0 radical (unpaired) electrons. The molecule has 0 N–H and O–H groups in total. The van der Waals surface area contributed by atoms with Crippen molar-refractivity contribution in [2.45, 2.75) is 20.3 Å². The van der Waals surface area contributed by atoms with E-state index in [-0.39, 0.29) is 0 Å². The van der Waals surface area contributed by atoms with Crippen molar-refractivity contribution >= 4 is 11.4 Å². The largest absolute Gasteiger partial charge is 0.342 e. The molecule has 88 valence electrons. The molecule has 17 heavy (non-hydrogen) atoms. The highest BCUT2D eigenvalue weighted by Crippen LogP contribution is 2.28. The lowest BCUT2D eigenvalue weighted by atomic mass is 10.1. The molecule has 2 aromatic carbocycles. The molecule has 0 fully saturated rings. The zero-order valence-corrected chi connectivity index (χ0v) is 10.6. The maximum absolute atomic E-state index is 2.36. The summed E-state index contributed by atoms with van der Waals surface area (Å²) in [4.78, 5) is 2.36. The van der Waals surface area contributed by atoms with Gasteiger partial charge in [-0.25, -0.2) is 0 Å². The van der Waals surface area contributed by atoms with Crippen molar-refractivity contribution in [3.8, 4) is 0 Å². The molecule has 0 atom stereocenters. The van der Waals surface area contributed by atoms with Crippen molar-refractivity contribution in [1.29, 1.82) is 0 Å². The van der Waals surface area contributed by atoms with Crippen LogP contribution in [0, 0.1) is 0 Å². The lowest BCUT2D eigenvalue weighted by Gasteiger charge is -2.25. The molecule has 0 aliphatic heterocycles. The van der Waals surface area contributed by atoms with Gasteiger partial charge in [-0.15, -0.1) is 0 Å². The first-order valence-electron chi connectivity index (χ1n) is 6.27. The highest BCUT2D eigenvalue weighted by Gasteiger charge is 2.09. The highest BCUT2D eigenvalue weighted by molar-refractivity contribution is 5.66. The Bertz CT molecular complexity index is 462. The van der Waals surface area contributed by atoms with Crippen LogP contribution in [0.15, 0.2) is 54.6 Å². The van der Waals surface area contributed by atoms with Crippen LogP contribution in [0.4, 0.5) is 11.4 Å². The summed E-state index contributed by atoms with van der Waals surface area (Å²) in [6, 6.07) is 19.2. The van der Waals surface area contributed by atoms with Crippen molar-refractivity contribution in [2.24, 2.45) is 0 Å². The zero-order valence-electron chi connectivity index (χ0n) is 10.6. The van der Waals surface area contributed by atoms with E-state index in [2.05, 4.69) is 73.3 Å². The number of benzene rings is 2. The van der Waals surface area contributed by atoms with Crippen molar-refractivity contribution in [3.05, 3.63) is 60.2 Å². The van der Waals surface area contributed by atoms with Gasteiger partial charge in [-0.1, -0.05) is 43.3 Å². The SMILES string of the molecule is CCc1ccccc1N(CC)c1ccccc1. The van der Waals surface area contributed by atoms with Gasteiger partial charge >= 0.3 is 0 Å². The van der Waals surface area contributed by atoms with E-state index in [4.69, 9.17) is 0 Å². The molecule has 1 nitrogen and oxygen atoms in total. The molecule has 0 bridgehead atoms. The van der Waals surface area contributed by atoms with Gasteiger partial charge in [0.2, 0.25) is 0 Å². The second-order valence-electron chi connectivity index (χ2n) is 4.06. The van der Waals surface area contributed by atoms with Crippen LogP contribution in [0.1, 0.15) is 19.4 Å². The first-order valence-corrected chi connectivity index (χ1v) is 6.27. The number of anilines is 2. The van der Waals surface area contributed by atoms with Gasteiger partial charge in [-0.3, -0.25) is 0 Å². The molecule has 0 saturated carbocycles. The van der Waals surface area contributed by atoms with E-state index in [0.29, 0.717) is 0 Å². The van der Waals surface area contributed by atoms with Crippen LogP contribution >= 0.6 is 0 Å². The predicted molar refractivity (Wildman–Crippen MR) is 74.9 cm³/mol. The fourth-order valence-electron chi connectivity index (χ4n) is 2.17. The minimum Gasteiger partial charge on any atom is -0.342 e. The van der Waals surface area contributed by atoms with Gasteiger partial charge in [-0.2, -0.15) is 0 Å². The summed E-state index contributed by atoms with van der Waals surface area (Å²) in [5, 5.41) is 0. The van der Waals surface area contributed by atoms with Gasteiger partial charge in [0.05, 0.1) is 0 Å². The molecule has 0 spiro atoms. The topological polar surface area (TPSA) is 3.24 Å². The molecule has 1 heteroatoms. The Balaban J connectivity index is 2.42. The van der Waals surface area contributed by atoms with Gasteiger partial charge in [0.15, 0.2) is 0 Å². The summed E-state index contributed by atoms with van der Waals surface area (Å²) < 4.78 is 0. The summed E-state index contributed by atoms with van der Waals surface area (Å²) in [5.41, 5.74) is 3.98. The van der Waals surface area contributed by atoms with Gasteiger partial charge in [0.1, 0.15) is 0 Å². The zero-order chi connectivity index (χ0) is 12.1. The second-order valence-corrected chi connectivity index (χ2v) is 4.06. The van der Waals surface area contributed by atoms with E-state index in [1.54, 1.807) is 0 Å². The average Bonchev–Trinajstić information content (AvgIpc) is 2.41. The van der Waals surface area contributed by atoms with Gasteiger partial charge in [0.25, 0.3) is 0 Å². The molecule has 2 rings (SSSR count). The van der Waals surface area contributed by atoms with Crippen LogP contribution in [-0.4, -0.2) is 6.54 Å². The van der Waals surface area contributed by atoms with Crippen molar-refractivity contribution in [2.75, 3.05) is 11.4 Å². The van der Waals surface area contributed by atoms with Crippen molar-refractivity contribution < 1.29 is 0 Å². The lowest BCUT2D eigenvalue weighted by Crippen LogP contribution is -2.17. The Morgan fingerprint density at radius 3 is 2.12 bits per heavy atom. The van der Waals surface area contributed by atoms with Crippen molar-refractivity contribution in [1.82, 2.24) is 0 Å². The molecule has 0 heterocycles. The monoisotopic (exact) mass is 225 g/mol. The van der Waals surface area contributed by atoms with Crippen LogP contribution in [-0.2, 0) is 6.42 Å². The summed E-state index contributed by atoms with van der Waals surface area (Å²) >= 11 is 0. The number of hydrogen-bond donors (Lipinski definition) is 0. The molecule has 0 aliphatic rings. The fraction of sp³-hybridized carbons (Fsp3) is 0.250. The van der Waals surface area contributed by atoms with E-state index in [1.807, 2.05) is 0 Å². The Hall–Kier alpha value is -1.76. The Morgan fingerprint density at radius 2 is 1.47 bits per heavy atom. The van der Waals surface area contributed by atoms with E-state index in [0.717, 1.165) is 13.0 Å². The summed E-state index contributed by atoms with van der Waals surface area (Å²) in [7, 11) is 0. The molecule has 0 saturated heterocycles. The molecular formula is C16H19N.